The Labute approximate surface area is 145 Å². The van der Waals surface area contributed by atoms with E-state index in [0.29, 0.717) is 5.41 Å². The summed E-state index contributed by atoms with van der Waals surface area (Å²) < 4.78 is 2.03. The zero-order valence-corrected chi connectivity index (χ0v) is 15.1. The molecular weight excluding hydrogens is 298 g/mol. The number of aryl methyl sites for hydroxylation is 1. The summed E-state index contributed by atoms with van der Waals surface area (Å²) in [5, 5.41) is 3.31. The molecule has 4 aliphatic rings. The molecular formula is C20H31N3O. The average Bonchev–Trinajstić information content (AvgIpc) is 2.90. The molecule has 1 unspecified atom stereocenters. The Balaban J connectivity index is 1.43. The maximum atomic E-state index is 12.9. The van der Waals surface area contributed by atoms with E-state index in [0.717, 1.165) is 42.8 Å². The fourth-order valence-electron chi connectivity index (χ4n) is 6.36. The van der Waals surface area contributed by atoms with Crippen LogP contribution in [0.2, 0.25) is 0 Å². The van der Waals surface area contributed by atoms with Gasteiger partial charge in [0.1, 0.15) is 5.82 Å². The highest BCUT2D eigenvalue weighted by atomic mass is 16.1. The van der Waals surface area contributed by atoms with Crippen molar-refractivity contribution in [2.75, 3.05) is 0 Å². The molecule has 4 nitrogen and oxygen atoms in total. The van der Waals surface area contributed by atoms with Gasteiger partial charge in [0.2, 0.25) is 5.91 Å². The van der Waals surface area contributed by atoms with Gasteiger partial charge in [0.25, 0.3) is 0 Å². The highest BCUT2D eigenvalue weighted by Crippen LogP contribution is 2.61. The normalized spacial score (nSPS) is 35.2. The second kappa shape index (κ2) is 6.20. The highest BCUT2D eigenvalue weighted by Gasteiger charge is 2.51. The van der Waals surface area contributed by atoms with Crippen molar-refractivity contribution in [2.45, 2.75) is 70.8 Å². The van der Waals surface area contributed by atoms with Crippen LogP contribution in [0.4, 0.5) is 0 Å². The molecule has 1 N–H and O–H groups in total. The quantitative estimate of drug-likeness (QED) is 0.858. The van der Waals surface area contributed by atoms with Crippen molar-refractivity contribution >= 4 is 5.91 Å². The Morgan fingerprint density at radius 1 is 1.29 bits per heavy atom. The number of hydrogen-bond acceptors (Lipinski definition) is 2. The molecule has 0 aromatic carbocycles. The van der Waals surface area contributed by atoms with Crippen molar-refractivity contribution in [3.63, 3.8) is 0 Å². The summed E-state index contributed by atoms with van der Waals surface area (Å²) in [6.45, 7) is 2.17. The molecule has 0 spiro atoms. The van der Waals surface area contributed by atoms with Crippen LogP contribution in [-0.2, 0) is 11.8 Å². The monoisotopic (exact) mass is 329 g/mol. The molecule has 1 heterocycles. The molecule has 1 aromatic rings. The third-order valence-corrected chi connectivity index (χ3v) is 6.78. The summed E-state index contributed by atoms with van der Waals surface area (Å²) in [7, 11) is 2.01. The SMILES string of the molecule is CCCC(NC(=O)CC12CC3CC(CC(C3)C1)C2)c1nccn1C. The largest absolute Gasteiger partial charge is 0.346 e. The van der Waals surface area contributed by atoms with Crippen molar-refractivity contribution in [1.82, 2.24) is 14.9 Å². The maximum absolute atomic E-state index is 12.9. The molecule has 0 saturated heterocycles. The number of amides is 1. The first-order valence-corrected chi connectivity index (χ1v) is 9.83. The number of hydrogen-bond donors (Lipinski definition) is 1. The predicted octanol–water partition coefficient (Wildman–Crippen LogP) is 3.98. The number of aromatic nitrogens is 2. The molecule has 1 amide bonds. The number of nitrogens with one attached hydrogen (secondary N) is 1. The summed E-state index contributed by atoms with van der Waals surface area (Å²) in [4.78, 5) is 17.3. The van der Waals surface area contributed by atoms with Gasteiger partial charge < -0.3 is 9.88 Å². The van der Waals surface area contributed by atoms with E-state index in [4.69, 9.17) is 0 Å². The molecule has 132 valence electrons. The van der Waals surface area contributed by atoms with Crippen LogP contribution in [0.3, 0.4) is 0 Å². The van der Waals surface area contributed by atoms with Crippen LogP contribution in [-0.4, -0.2) is 15.5 Å². The Hall–Kier alpha value is -1.32. The fraction of sp³-hybridized carbons (Fsp3) is 0.800. The van der Waals surface area contributed by atoms with Gasteiger partial charge in [-0.1, -0.05) is 13.3 Å². The van der Waals surface area contributed by atoms with Gasteiger partial charge in [0.05, 0.1) is 6.04 Å². The van der Waals surface area contributed by atoms with Crippen molar-refractivity contribution in [2.24, 2.45) is 30.2 Å². The van der Waals surface area contributed by atoms with Gasteiger partial charge in [-0.2, -0.15) is 0 Å². The summed E-state index contributed by atoms with van der Waals surface area (Å²) in [6.07, 6.45) is 14.7. The molecule has 1 aromatic heterocycles. The lowest BCUT2D eigenvalue weighted by atomic mass is 9.49. The minimum absolute atomic E-state index is 0.0522. The zero-order chi connectivity index (χ0) is 16.7. The maximum Gasteiger partial charge on any atom is 0.221 e. The topological polar surface area (TPSA) is 46.9 Å². The summed E-state index contributed by atoms with van der Waals surface area (Å²) in [6, 6.07) is 0.0522. The molecule has 4 aliphatic carbocycles. The van der Waals surface area contributed by atoms with Gasteiger partial charge in [-0.15, -0.1) is 0 Å². The van der Waals surface area contributed by atoms with Gasteiger partial charge in [-0.25, -0.2) is 4.98 Å². The van der Waals surface area contributed by atoms with E-state index in [2.05, 4.69) is 17.2 Å². The summed E-state index contributed by atoms with van der Waals surface area (Å²) >= 11 is 0. The number of rotatable bonds is 6. The lowest BCUT2D eigenvalue weighted by molar-refractivity contribution is -0.130. The molecule has 4 heteroatoms. The van der Waals surface area contributed by atoms with E-state index in [-0.39, 0.29) is 11.9 Å². The van der Waals surface area contributed by atoms with E-state index < -0.39 is 0 Å². The van der Waals surface area contributed by atoms with Crippen molar-refractivity contribution in [3.8, 4) is 0 Å². The Morgan fingerprint density at radius 3 is 2.42 bits per heavy atom. The Kier molecular flexibility index (Phi) is 4.17. The third-order valence-electron chi connectivity index (χ3n) is 6.78. The van der Waals surface area contributed by atoms with Crippen LogP contribution in [0.15, 0.2) is 12.4 Å². The standard InChI is InChI=1S/C20H31N3O/c1-3-4-17(19-21-5-6-23(19)2)22-18(24)13-20-10-14-7-15(11-20)9-16(8-14)12-20/h5-6,14-17H,3-4,7-13H2,1-2H3,(H,22,24). The van der Waals surface area contributed by atoms with E-state index in [1.807, 2.05) is 24.0 Å². The van der Waals surface area contributed by atoms with Gasteiger partial charge in [-0.05, 0) is 68.1 Å². The number of imidazole rings is 1. The van der Waals surface area contributed by atoms with E-state index in [1.54, 1.807) is 0 Å². The van der Waals surface area contributed by atoms with Crippen molar-refractivity contribution < 1.29 is 4.79 Å². The van der Waals surface area contributed by atoms with Crippen LogP contribution in [0.5, 0.6) is 0 Å². The second-order valence-electron chi connectivity index (χ2n) is 8.90. The molecule has 4 fully saturated rings. The average molecular weight is 329 g/mol. The van der Waals surface area contributed by atoms with Gasteiger partial charge in [0.15, 0.2) is 0 Å². The zero-order valence-electron chi connectivity index (χ0n) is 15.1. The first kappa shape index (κ1) is 16.2. The number of carbonyl (C=O) groups excluding carboxylic acids is 1. The molecule has 24 heavy (non-hydrogen) atoms. The summed E-state index contributed by atoms with van der Waals surface area (Å²) in [5.74, 6) is 3.95. The van der Waals surface area contributed by atoms with Crippen LogP contribution in [0.25, 0.3) is 0 Å². The Bertz CT molecular complexity index is 570. The first-order chi connectivity index (χ1) is 11.6. The minimum atomic E-state index is 0.0522. The molecule has 0 aliphatic heterocycles. The molecule has 5 rings (SSSR count). The van der Waals surface area contributed by atoms with Gasteiger partial charge in [-0.3, -0.25) is 4.79 Å². The van der Waals surface area contributed by atoms with E-state index >= 15 is 0 Å². The minimum Gasteiger partial charge on any atom is -0.346 e. The lowest BCUT2D eigenvalue weighted by Crippen LogP contribution is -2.48. The smallest absolute Gasteiger partial charge is 0.221 e. The molecule has 4 saturated carbocycles. The first-order valence-electron chi connectivity index (χ1n) is 9.83. The molecule has 1 atom stereocenters. The van der Waals surface area contributed by atoms with Crippen LogP contribution >= 0.6 is 0 Å². The molecule has 4 bridgehead atoms. The lowest BCUT2D eigenvalue weighted by Gasteiger charge is -2.56. The van der Waals surface area contributed by atoms with Crippen LogP contribution < -0.4 is 5.32 Å². The second-order valence-corrected chi connectivity index (χ2v) is 8.90. The third kappa shape index (κ3) is 3.00. The summed E-state index contributed by atoms with van der Waals surface area (Å²) in [5.41, 5.74) is 0.317. The number of nitrogens with zero attached hydrogens (tertiary/aromatic N) is 2. The van der Waals surface area contributed by atoms with Crippen molar-refractivity contribution in [3.05, 3.63) is 18.2 Å². The molecule has 0 radical (unpaired) electrons. The van der Waals surface area contributed by atoms with Gasteiger partial charge in [0, 0.05) is 25.9 Å². The fourth-order valence-corrected chi connectivity index (χ4v) is 6.36. The Morgan fingerprint density at radius 2 is 1.92 bits per heavy atom. The van der Waals surface area contributed by atoms with Crippen molar-refractivity contribution in [1.29, 1.82) is 0 Å². The van der Waals surface area contributed by atoms with Crippen LogP contribution in [0, 0.1) is 23.2 Å². The van der Waals surface area contributed by atoms with Gasteiger partial charge >= 0.3 is 0 Å². The van der Waals surface area contributed by atoms with Crippen LogP contribution in [0.1, 0.15) is 76.6 Å². The predicted molar refractivity (Wildman–Crippen MR) is 94.2 cm³/mol. The highest BCUT2D eigenvalue weighted by molar-refractivity contribution is 5.77. The van der Waals surface area contributed by atoms with E-state index in [1.165, 1.54) is 38.5 Å². The van der Waals surface area contributed by atoms with E-state index in [9.17, 15) is 4.79 Å². The number of carbonyl (C=O) groups is 1.